The largest absolute Gasteiger partial charge is 0.370 e. The van der Waals surface area contributed by atoms with Gasteiger partial charge in [-0.2, -0.15) is 0 Å². The molecular formula is C28H28FN3O3. The minimum Gasteiger partial charge on any atom is -0.370 e. The van der Waals surface area contributed by atoms with Crippen molar-refractivity contribution in [1.82, 2.24) is 15.2 Å². The van der Waals surface area contributed by atoms with Crippen molar-refractivity contribution in [3.8, 4) is 11.1 Å². The maximum Gasteiger partial charge on any atom is 0.269 e. The lowest BCUT2D eigenvalue weighted by Crippen LogP contribution is -2.47. The highest BCUT2D eigenvalue weighted by Gasteiger charge is 2.43. The van der Waals surface area contributed by atoms with Crippen LogP contribution in [0.1, 0.15) is 46.5 Å². The van der Waals surface area contributed by atoms with E-state index in [0.29, 0.717) is 30.9 Å². The Morgan fingerprint density at radius 3 is 2.54 bits per heavy atom. The summed E-state index contributed by atoms with van der Waals surface area (Å²) in [5, 5.41) is 2.92. The number of piperidine rings is 1. The van der Waals surface area contributed by atoms with Crippen LogP contribution in [0.4, 0.5) is 4.39 Å². The van der Waals surface area contributed by atoms with Gasteiger partial charge in [0.25, 0.3) is 11.8 Å². The van der Waals surface area contributed by atoms with E-state index < -0.39 is 0 Å². The van der Waals surface area contributed by atoms with Gasteiger partial charge < -0.3 is 15.0 Å². The smallest absolute Gasteiger partial charge is 0.269 e. The summed E-state index contributed by atoms with van der Waals surface area (Å²) >= 11 is 0. The maximum absolute atomic E-state index is 13.3. The zero-order valence-electron chi connectivity index (χ0n) is 19.5. The van der Waals surface area contributed by atoms with Crippen molar-refractivity contribution in [3.05, 3.63) is 90.0 Å². The number of pyridine rings is 1. The molecule has 0 saturated carbocycles. The molecule has 1 N–H and O–H groups in total. The predicted molar refractivity (Wildman–Crippen MR) is 130 cm³/mol. The quantitative estimate of drug-likeness (QED) is 0.594. The van der Waals surface area contributed by atoms with Gasteiger partial charge in [0, 0.05) is 31.4 Å². The molecule has 2 amide bonds. The first-order chi connectivity index (χ1) is 17.0. The lowest BCUT2D eigenvalue weighted by molar-refractivity contribution is -0.0712. The second kappa shape index (κ2) is 9.96. The van der Waals surface area contributed by atoms with E-state index in [2.05, 4.69) is 10.3 Å². The van der Waals surface area contributed by atoms with Crippen molar-refractivity contribution in [1.29, 1.82) is 0 Å². The molecule has 1 aromatic heterocycles. The van der Waals surface area contributed by atoms with Crippen LogP contribution in [0.3, 0.4) is 0 Å². The zero-order chi connectivity index (χ0) is 24.3. The number of likely N-dealkylation sites (tertiary alicyclic amines) is 1. The van der Waals surface area contributed by atoms with Crippen molar-refractivity contribution < 1.29 is 18.7 Å². The molecule has 2 aliphatic rings. The van der Waals surface area contributed by atoms with Crippen LogP contribution in [0.2, 0.25) is 0 Å². The van der Waals surface area contributed by atoms with Gasteiger partial charge in [-0.25, -0.2) is 4.39 Å². The van der Waals surface area contributed by atoms with Gasteiger partial charge in [0.2, 0.25) is 0 Å². The van der Waals surface area contributed by atoms with Crippen LogP contribution >= 0.6 is 0 Å². The molecule has 2 aromatic carbocycles. The molecule has 0 aliphatic carbocycles. The van der Waals surface area contributed by atoms with Gasteiger partial charge in [0.05, 0.1) is 11.7 Å². The summed E-state index contributed by atoms with van der Waals surface area (Å²) in [6, 6.07) is 19.0. The van der Waals surface area contributed by atoms with Gasteiger partial charge in [-0.1, -0.05) is 30.3 Å². The van der Waals surface area contributed by atoms with E-state index in [9.17, 15) is 14.0 Å². The fourth-order valence-corrected chi connectivity index (χ4v) is 4.98. The zero-order valence-corrected chi connectivity index (χ0v) is 19.5. The van der Waals surface area contributed by atoms with Crippen molar-refractivity contribution >= 4 is 11.8 Å². The Morgan fingerprint density at radius 2 is 1.80 bits per heavy atom. The average molecular weight is 474 g/mol. The van der Waals surface area contributed by atoms with Gasteiger partial charge in [-0.05, 0) is 73.2 Å². The normalized spacial score (nSPS) is 19.0. The standard InChI is InChI=1S/C28H28FN3O3/c29-23-9-7-20(8-10-23)21-4-3-5-22(18-21)27(34)32-16-13-28(14-17-32)12-11-24(35-28)19-31-26(33)25-6-1-2-15-30-25/h1-10,15,18,24H,11-14,16-17,19H2,(H,31,33)/t24-/m0/s1. The monoisotopic (exact) mass is 473 g/mol. The molecule has 2 aliphatic heterocycles. The number of benzene rings is 2. The SMILES string of the molecule is O=C(NC[C@@H]1CCC2(CCN(C(=O)c3cccc(-c4ccc(F)cc4)c3)CC2)O1)c1ccccn1. The second-order valence-corrected chi connectivity index (χ2v) is 9.27. The minimum absolute atomic E-state index is 0.000910. The number of ether oxygens (including phenoxy) is 1. The number of nitrogens with one attached hydrogen (secondary N) is 1. The number of carbonyl (C=O) groups is 2. The van der Waals surface area contributed by atoms with Crippen LogP contribution in [0, 0.1) is 5.82 Å². The number of nitrogens with zero attached hydrogens (tertiary/aromatic N) is 2. The summed E-state index contributed by atoms with van der Waals surface area (Å²) in [6.45, 7) is 1.72. The van der Waals surface area contributed by atoms with Crippen molar-refractivity contribution in [2.75, 3.05) is 19.6 Å². The van der Waals surface area contributed by atoms with E-state index in [1.54, 1.807) is 36.5 Å². The Morgan fingerprint density at radius 1 is 1.00 bits per heavy atom. The molecule has 2 fully saturated rings. The molecule has 3 heterocycles. The Kier molecular flexibility index (Phi) is 6.59. The number of amides is 2. The highest BCUT2D eigenvalue weighted by Crippen LogP contribution is 2.39. The molecule has 0 radical (unpaired) electrons. The highest BCUT2D eigenvalue weighted by atomic mass is 19.1. The van der Waals surface area contributed by atoms with Crippen molar-refractivity contribution in [3.63, 3.8) is 0 Å². The third-order valence-corrected chi connectivity index (χ3v) is 6.98. The van der Waals surface area contributed by atoms with Gasteiger partial charge in [-0.3, -0.25) is 14.6 Å². The van der Waals surface area contributed by atoms with E-state index in [1.807, 2.05) is 29.2 Å². The molecular weight excluding hydrogens is 445 g/mol. The van der Waals surface area contributed by atoms with Gasteiger partial charge in [0.1, 0.15) is 11.5 Å². The molecule has 7 heteroatoms. The fourth-order valence-electron chi connectivity index (χ4n) is 4.98. The average Bonchev–Trinajstić information content (AvgIpc) is 3.30. The molecule has 3 aromatic rings. The number of hydrogen-bond acceptors (Lipinski definition) is 4. The summed E-state index contributed by atoms with van der Waals surface area (Å²) in [6.07, 6.45) is 4.94. The third kappa shape index (κ3) is 5.25. The van der Waals surface area contributed by atoms with Crippen LogP contribution in [0.5, 0.6) is 0 Å². The van der Waals surface area contributed by atoms with Crippen molar-refractivity contribution in [2.45, 2.75) is 37.4 Å². The summed E-state index contributed by atoms with van der Waals surface area (Å²) in [7, 11) is 0. The van der Waals surface area contributed by atoms with Crippen LogP contribution in [-0.4, -0.2) is 53.0 Å². The summed E-state index contributed by atoms with van der Waals surface area (Å²) in [5.41, 5.74) is 2.56. The van der Waals surface area contributed by atoms with Gasteiger partial charge in [-0.15, -0.1) is 0 Å². The molecule has 0 unspecified atom stereocenters. The van der Waals surface area contributed by atoms with E-state index in [1.165, 1.54) is 12.1 Å². The third-order valence-electron chi connectivity index (χ3n) is 6.98. The minimum atomic E-state index is -0.282. The number of hydrogen-bond donors (Lipinski definition) is 1. The fraction of sp³-hybridized carbons (Fsp3) is 0.321. The predicted octanol–water partition coefficient (Wildman–Crippen LogP) is 4.47. The first-order valence-electron chi connectivity index (χ1n) is 12.0. The lowest BCUT2D eigenvalue weighted by atomic mass is 9.88. The molecule has 1 spiro atoms. The van der Waals surface area contributed by atoms with Crippen LogP contribution in [-0.2, 0) is 4.74 Å². The van der Waals surface area contributed by atoms with E-state index in [4.69, 9.17) is 4.74 Å². The molecule has 5 rings (SSSR count). The molecule has 6 nitrogen and oxygen atoms in total. The van der Waals surface area contributed by atoms with Crippen molar-refractivity contribution in [2.24, 2.45) is 0 Å². The lowest BCUT2D eigenvalue weighted by Gasteiger charge is -2.39. The molecule has 0 bridgehead atoms. The summed E-state index contributed by atoms with van der Waals surface area (Å²) in [4.78, 5) is 31.4. The summed E-state index contributed by atoms with van der Waals surface area (Å²) < 4.78 is 19.7. The van der Waals surface area contributed by atoms with Gasteiger partial charge >= 0.3 is 0 Å². The number of halogens is 1. The Balaban J connectivity index is 1.15. The molecule has 1 atom stereocenters. The van der Waals surface area contributed by atoms with Crippen LogP contribution in [0.15, 0.2) is 72.9 Å². The molecule has 35 heavy (non-hydrogen) atoms. The Labute approximate surface area is 204 Å². The second-order valence-electron chi connectivity index (χ2n) is 9.27. The van der Waals surface area contributed by atoms with Crippen LogP contribution < -0.4 is 5.32 Å². The van der Waals surface area contributed by atoms with E-state index in [-0.39, 0.29) is 29.3 Å². The number of aromatic nitrogens is 1. The Bertz CT molecular complexity index is 1190. The van der Waals surface area contributed by atoms with Gasteiger partial charge in [0.15, 0.2) is 0 Å². The number of carbonyl (C=O) groups excluding carboxylic acids is 2. The molecule has 180 valence electrons. The topological polar surface area (TPSA) is 71.5 Å². The Hall–Kier alpha value is -3.58. The summed E-state index contributed by atoms with van der Waals surface area (Å²) in [5.74, 6) is -0.477. The van der Waals surface area contributed by atoms with Crippen LogP contribution in [0.25, 0.3) is 11.1 Å². The van der Waals surface area contributed by atoms with E-state index >= 15 is 0 Å². The molecule has 2 saturated heterocycles. The first-order valence-corrected chi connectivity index (χ1v) is 12.0. The highest BCUT2D eigenvalue weighted by molar-refractivity contribution is 5.95. The van der Waals surface area contributed by atoms with E-state index in [0.717, 1.165) is 36.8 Å². The number of rotatable bonds is 5. The first kappa shape index (κ1) is 23.2. The maximum atomic E-state index is 13.3.